The maximum Gasteiger partial charge on any atom is 0.304 e. The van der Waals surface area contributed by atoms with E-state index in [1.165, 1.54) is 14.8 Å². The number of hydrazine groups is 1. The second-order valence-corrected chi connectivity index (χ2v) is 11.0. The molecule has 0 aromatic carbocycles. The zero-order valence-electron chi connectivity index (χ0n) is 19.8. The third-order valence-electron chi connectivity index (χ3n) is 5.67. The fraction of sp³-hybridized carbons (Fsp3) is 0.476. The molecule has 0 unspecified atom stereocenters. The molecule has 1 aliphatic heterocycles. The van der Waals surface area contributed by atoms with E-state index in [1.807, 2.05) is 0 Å². The summed E-state index contributed by atoms with van der Waals surface area (Å²) in [6, 6.07) is 6.65. The number of nitrogens with zero attached hydrogens (tertiary/aromatic N) is 6. The number of nitrogen functional groups attached to an aromatic ring is 1. The van der Waals surface area contributed by atoms with Crippen LogP contribution in [0.5, 0.6) is 5.88 Å². The molecule has 1 saturated heterocycles. The fourth-order valence-corrected chi connectivity index (χ4v) is 5.14. The number of amidine groups is 1. The summed E-state index contributed by atoms with van der Waals surface area (Å²) in [6.07, 6.45) is 4.45. The fourth-order valence-electron chi connectivity index (χ4n) is 3.48. The minimum Gasteiger partial charge on any atom is -0.478 e. The van der Waals surface area contributed by atoms with Crippen molar-refractivity contribution < 1.29 is 13.2 Å². The molecule has 0 atom stereocenters. The summed E-state index contributed by atoms with van der Waals surface area (Å²) in [4.78, 5) is 8.17. The molecule has 192 valence electrons. The molecule has 0 amide bonds. The van der Waals surface area contributed by atoms with E-state index in [2.05, 4.69) is 28.9 Å². The number of hydrazone groups is 1. The molecular weight excluding hydrogens is 494 g/mol. The molecule has 2 aromatic heterocycles. The number of hydrogen-bond donors (Lipinski definition) is 3. The van der Waals surface area contributed by atoms with E-state index in [0.29, 0.717) is 49.8 Å². The van der Waals surface area contributed by atoms with Crippen molar-refractivity contribution >= 4 is 39.2 Å². The Bertz CT molecular complexity index is 1130. The minimum absolute atomic E-state index is 0.00687. The summed E-state index contributed by atoms with van der Waals surface area (Å²) >= 11 is 5.57. The van der Waals surface area contributed by atoms with E-state index < -0.39 is 10.2 Å². The van der Waals surface area contributed by atoms with Gasteiger partial charge < -0.3 is 16.2 Å². The van der Waals surface area contributed by atoms with Crippen molar-refractivity contribution in [3.63, 3.8) is 0 Å². The second kappa shape index (κ2) is 11.2. The summed E-state index contributed by atoms with van der Waals surface area (Å²) in [7, 11) is -3.60. The van der Waals surface area contributed by atoms with E-state index >= 15 is 0 Å². The van der Waals surface area contributed by atoms with Crippen molar-refractivity contribution in [3.05, 3.63) is 42.2 Å². The largest absolute Gasteiger partial charge is 0.478 e. The lowest BCUT2D eigenvalue weighted by molar-refractivity contribution is 0.203. The summed E-state index contributed by atoms with van der Waals surface area (Å²) in [6.45, 7) is 5.82. The molecule has 1 aliphatic rings. The zero-order chi connectivity index (χ0) is 25.6. The highest BCUT2D eigenvalue weighted by Gasteiger charge is 2.37. The molecule has 1 fully saturated rings. The van der Waals surface area contributed by atoms with Crippen LogP contribution in [0.4, 0.5) is 11.5 Å². The zero-order valence-corrected chi connectivity index (χ0v) is 21.4. The van der Waals surface area contributed by atoms with Gasteiger partial charge in [0.1, 0.15) is 11.8 Å². The summed E-state index contributed by atoms with van der Waals surface area (Å²) in [5.41, 5.74) is 12.5. The van der Waals surface area contributed by atoms with Gasteiger partial charge in [-0.15, -0.1) is 5.10 Å². The average molecular weight is 526 g/mol. The van der Waals surface area contributed by atoms with Crippen LogP contribution in [0.15, 0.2) is 41.8 Å². The van der Waals surface area contributed by atoms with Crippen molar-refractivity contribution in [2.45, 2.75) is 26.7 Å². The SMILES string of the molecule is CC(C)(CCOc1ccc(/C(N)=N/N(N)CCl)cn1)CCN1CCN(c2ccnc(N)c2)S1(=O)=O. The predicted molar refractivity (Wildman–Crippen MR) is 137 cm³/mol. The highest BCUT2D eigenvalue weighted by atomic mass is 35.5. The maximum absolute atomic E-state index is 13.0. The van der Waals surface area contributed by atoms with E-state index in [1.54, 1.807) is 30.5 Å². The Balaban J connectivity index is 1.49. The van der Waals surface area contributed by atoms with Crippen LogP contribution in [-0.2, 0) is 10.2 Å². The van der Waals surface area contributed by atoms with Crippen LogP contribution in [-0.4, -0.2) is 65.9 Å². The van der Waals surface area contributed by atoms with Crippen LogP contribution in [0.25, 0.3) is 0 Å². The van der Waals surface area contributed by atoms with Crippen LogP contribution in [0.3, 0.4) is 0 Å². The van der Waals surface area contributed by atoms with E-state index in [9.17, 15) is 8.42 Å². The minimum atomic E-state index is -3.60. The van der Waals surface area contributed by atoms with Gasteiger partial charge in [0.25, 0.3) is 0 Å². The second-order valence-electron chi connectivity index (χ2n) is 8.86. The molecule has 35 heavy (non-hydrogen) atoms. The molecule has 3 heterocycles. The molecule has 0 saturated carbocycles. The van der Waals surface area contributed by atoms with Gasteiger partial charge >= 0.3 is 10.2 Å². The number of pyridine rings is 2. The number of nitrogens with two attached hydrogens (primary N) is 3. The van der Waals surface area contributed by atoms with Crippen LogP contribution in [0, 0.1) is 5.41 Å². The molecule has 3 rings (SSSR count). The number of hydrogen-bond acceptors (Lipinski definition) is 9. The average Bonchev–Trinajstić information content (AvgIpc) is 3.11. The molecule has 0 spiro atoms. The number of anilines is 2. The molecule has 14 heteroatoms. The Morgan fingerprint density at radius 1 is 1.26 bits per heavy atom. The van der Waals surface area contributed by atoms with Crippen LogP contribution < -0.4 is 26.4 Å². The highest BCUT2D eigenvalue weighted by Crippen LogP contribution is 2.30. The first-order chi connectivity index (χ1) is 16.5. The highest BCUT2D eigenvalue weighted by molar-refractivity contribution is 7.90. The first-order valence-corrected chi connectivity index (χ1v) is 13.0. The van der Waals surface area contributed by atoms with Gasteiger partial charge in [0.05, 0.1) is 12.3 Å². The van der Waals surface area contributed by atoms with Crippen LogP contribution in [0.2, 0.25) is 0 Å². The first kappa shape index (κ1) is 26.7. The Labute approximate surface area is 210 Å². The van der Waals surface area contributed by atoms with Crippen LogP contribution in [0.1, 0.15) is 32.3 Å². The van der Waals surface area contributed by atoms with E-state index in [-0.39, 0.29) is 23.1 Å². The molecule has 12 nitrogen and oxygen atoms in total. The lowest BCUT2D eigenvalue weighted by Gasteiger charge is -2.27. The van der Waals surface area contributed by atoms with E-state index in [0.717, 1.165) is 11.5 Å². The maximum atomic E-state index is 13.0. The normalized spacial score (nSPS) is 16.5. The lowest BCUT2D eigenvalue weighted by atomic mass is 9.86. The lowest BCUT2D eigenvalue weighted by Crippen LogP contribution is -2.35. The summed E-state index contributed by atoms with van der Waals surface area (Å²) in [5.74, 6) is 6.44. The smallest absolute Gasteiger partial charge is 0.304 e. The third kappa shape index (κ3) is 7.07. The first-order valence-electron chi connectivity index (χ1n) is 11.0. The molecule has 0 aliphatic carbocycles. The molecular formula is C21H32ClN9O3S. The van der Waals surface area contributed by atoms with Crippen molar-refractivity contribution in [2.75, 3.05) is 42.3 Å². The van der Waals surface area contributed by atoms with Gasteiger partial charge in [-0.25, -0.2) is 20.9 Å². The Morgan fingerprint density at radius 3 is 2.69 bits per heavy atom. The number of ether oxygens (including phenoxy) is 1. The molecule has 6 N–H and O–H groups in total. The van der Waals surface area contributed by atoms with Crippen molar-refractivity contribution in [1.82, 2.24) is 19.4 Å². The van der Waals surface area contributed by atoms with Gasteiger partial charge in [-0.1, -0.05) is 25.4 Å². The van der Waals surface area contributed by atoms with E-state index in [4.69, 9.17) is 33.6 Å². The van der Waals surface area contributed by atoms with Crippen LogP contribution >= 0.6 is 11.6 Å². The quantitative estimate of drug-likeness (QED) is 0.0976. The van der Waals surface area contributed by atoms with Gasteiger partial charge in [-0.2, -0.15) is 12.7 Å². The van der Waals surface area contributed by atoms with Gasteiger partial charge in [-0.3, -0.25) is 4.31 Å². The van der Waals surface area contributed by atoms with Crippen molar-refractivity contribution in [3.8, 4) is 5.88 Å². The predicted octanol–water partition coefficient (Wildman–Crippen LogP) is 1.30. The third-order valence-corrected chi connectivity index (χ3v) is 7.88. The Kier molecular flexibility index (Phi) is 8.59. The van der Waals surface area contributed by atoms with Gasteiger partial charge in [0.15, 0.2) is 5.84 Å². The monoisotopic (exact) mass is 525 g/mol. The number of aromatic nitrogens is 2. The van der Waals surface area contributed by atoms with Crippen molar-refractivity contribution in [1.29, 1.82) is 0 Å². The Hall–Kier alpha value is -2.87. The van der Waals surface area contributed by atoms with Gasteiger partial charge in [-0.05, 0) is 30.4 Å². The van der Waals surface area contributed by atoms with Crippen molar-refractivity contribution in [2.24, 2.45) is 22.1 Å². The standard InChI is InChI=1S/C21H32ClN9O3S/c1-21(2,7-12-34-19-4-3-16(14-27-19)20(24)28-31(25)15-22)6-9-29-10-11-30(35(29,32)33)17-5-8-26-18(23)13-17/h3-5,8,13-14H,6-7,9-12,15,25H2,1-2H3,(H2,23,26)(H2,24,28). The van der Waals surface area contributed by atoms with Gasteiger partial charge in [0.2, 0.25) is 5.88 Å². The Morgan fingerprint density at radius 2 is 2.03 bits per heavy atom. The molecule has 0 bridgehead atoms. The molecule has 0 radical (unpaired) electrons. The molecule has 2 aromatic rings. The number of halogens is 1. The van der Waals surface area contributed by atoms with Gasteiger partial charge in [0, 0.05) is 49.7 Å². The summed E-state index contributed by atoms with van der Waals surface area (Å²) in [5, 5.41) is 4.93. The topological polar surface area (TPSA) is 169 Å². The number of rotatable bonds is 11. The number of alkyl halides is 1. The summed E-state index contributed by atoms with van der Waals surface area (Å²) < 4.78 is 34.6.